The lowest BCUT2D eigenvalue weighted by atomic mass is 10.1. The number of hydroxylamine groups is 2. The van der Waals surface area contributed by atoms with Crippen molar-refractivity contribution in [3.63, 3.8) is 0 Å². The van der Waals surface area contributed by atoms with Crippen molar-refractivity contribution in [3.05, 3.63) is 0 Å². The molecule has 0 aromatic carbocycles. The van der Waals surface area contributed by atoms with Gasteiger partial charge in [0.1, 0.15) is 0 Å². The second kappa shape index (κ2) is 9.10. The maximum absolute atomic E-state index is 11.5. The average Bonchev–Trinajstić information content (AvgIpc) is 2.77. The van der Waals surface area contributed by atoms with Crippen LogP contribution in [-0.4, -0.2) is 35.9 Å². The molecule has 0 N–H and O–H groups in total. The summed E-state index contributed by atoms with van der Waals surface area (Å²) in [6.45, 7) is 0. The van der Waals surface area contributed by atoms with Gasteiger partial charge in [0, 0.05) is 25.7 Å². The van der Waals surface area contributed by atoms with E-state index >= 15 is 0 Å². The zero-order valence-electron chi connectivity index (χ0n) is 12.3. The number of carbonyl (C=O) groups is 4. The minimum atomic E-state index is -0.562. The van der Waals surface area contributed by atoms with Gasteiger partial charge in [0.05, 0.1) is 7.11 Å². The summed E-state index contributed by atoms with van der Waals surface area (Å²) in [6, 6.07) is 0. The Hall–Kier alpha value is -1.92. The molecule has 1 fully saturated rings. The monoisotopic (exact) mass is 299 g/mol. The maximum Gasteiger partial charge on any atom is 0.333 e. The number of imide groups is 1. The summed E-state index contributed by atoms with van der Waals surface area (Å²) in [6.07, 6.45) is 4.84. The van der Waals surface area contributed by atoms with Crippen LogP contribution in [0.4, 0.5) is 0 Å². The highest BCUT2D eigenvalue weighted by Gasteiger charge is 2.32. The third kappa shape index (κ3) is 6.37. The van der Waals surface area contributed by atoms with Crippen molar-refractivity contribution in [2.75, 3.05) is 7.11 Å². The molecule has 21 heavy (non-hydrogen) atoms. The van der Waals surface area contributed by atoms with E-state index in [0.717, 1.165) is 25.7 Å². The van der Waals surface area contributed by atoms with E-state index in [4.69, 9.17) is 4.84 Å². The Bertz CT molecular complexity index is 390. The lowest BCUT2D eigenvalue weighted by Crippen LogP contribution is -2.31. The predicted molar refractivity (Wildman–Crippen MR) is 71.5 cm³/mol. The maximum atomic E-state index is 11.5. The lowest BCUT2D eigenvalue weighted by Gasteiger charge is -2.12. The fourth-order valence-corrected chi connectivity index (χ4v) is 1.98. The van der Waals surface area contributed by atoms with Crippen molar-refractivity contribution in [3.8, 4) is 0 Å². The molecule has 0 aromatic heterocycles. The van der Waals surface area contributed by atoms with E-state index in [1.165, 1.54) is 7.11 Å². The Morgan fingerprint density at radius 3 is 1.90 bits per heavy atom. The summed E-state index contributed by atoms with van der Waals surface area (Å²) in [4.78, 5) is 49.6. The number of carbonyl (C=O) groups excluding carboxylic acids is 4. The van der Waals surface area contributed by atoms with Gasteiger partial charge < -0.3 is 9.57 Å². The molecule has 0 aliphatic carbocycles. The van der Waals surface area contributed by atoms with Gasteiger partial charge in [0.15, 0.2) is 0 Å². The normalized spacial score (nSPS) is 14.4. The van der Waals surface area contributed by atoms with Crippen molar-refractivity contribution in [2.24, 2.45) is 0 Å². The molecule has 0 bridgehead atoms. The molecule has 1 aliphatic heterocycles. The van der Waals surface area contributed by atoms with Crippen LogP contribution in [0.5, 0.6) is 0 Å². The van der Waals surface area contributed by atoms with Crippen LogP contribution in [0.2, 0.25) is 0 Å². The van der Waals surface area contributed by atoms with Crippen molar-refractivity contribution in [1.29, 1.82) is 0 Å². The van der Waals surface area contributed by atoms with Gasteiger partial charge in [-0.3, -0.25) is 14.4 Å². The van der Waals surface area contributed by atoms with Gasteiger partial charge in [-0.1, -0.05) is 19.3 Å². The number of ether oxygens (including phenoxy) is 1. The first-order valence-corrected chi connectivity index (χ1v) is 7.18. The van der Waals surface area contributed by atoms with Gasteiger partial charge in [-0.15, -0.1) is 5.06 Å². The molecule has 7 nitrogen and oxygen atoms in total. The van der Waals surface area contributed by atoms with E-state index in [-0.39, 0.29) is 25.2 Å². The zero-order chi connectivity index (χ0) is 15.7. The van der Waals surface area contributed by atoms with Crippen molar-refractivity contribution >= 4 is 23.8 Å². The van der Waals surface area contributed by atoms with E-state index in [9.17, 15) is 19.2 Å². The van der Waals surface area contributed by atoms with Crippen LogP contribution in [-0.2, 0) is 28.8 Å². The van der Waals surface area contributed by atoms with Gasteiger partial charge in [-0.05, 0) is 12.8 Å². The highest BCUT2D eigenvalue weighted by molar-refractivity contribution is 6.01. The number of esters is 1. The molecule has 0 spiro atoms. The summed E-state index contributed by atoms with van der Waals surface area (Å²) in [5.74, 6) is -1.70. The third-order valence-electron chi connectivity index (χ3n) is 3.19. The molecule has 1 aliphatic rings. The first-order chi connectivity index (χ1) is 10.0. The Labute approximate surface area is 123 Å². The zero-order valence-corrected chi connectivity index (χ0v) is 12.3. The molecule has 0 atom stereocenters. The van der Waals surface area contributed by atoms with E-state index in [0.29, 0.717) is 17.9 Å². The first-order valence-electron chi connectivity index (χ1n) is 7.18. The number of unbranched alkanes of at least 4 members (excludes halogenated alkanes) is 4. The molecule has 0 aromatic rings. The van der Waals surface area contributed by atoms with E-state index in [1.807, 2.05) is 0 Å². The number of rotatable bonds is 9. The molecule has 0 radical (unpaired) electrons. The van der Waals surface area contributed by atoms with E-state index < -0.39 is 17.8 Å². The molecule has 0 unspecified atom stereocenters. The Balaban J connectivity index is 2.02. The first kappa shape index (κ1) is 17.1. The van der Waals surface area contributed by atoms with Crippen LogP contribution < -0.4 is 0 Å². The molecule has 118 valence electrons. The number of nitrogens with zero attached hydrogens (tertiary/aromatic N) is 1. The molecule has 7 heteroatoms. The van der Waals surface area contributed by atoms with Crippen LogP contribution in [0.1, 0.15) is 57.8 Å². The van der Waals surface area contributed by atoms with Gasteiger partial charge >= 0.3 is 11.9 Å². The standard InChI is InChI=1S/C14H21NO6/c1-20-13(18)7-5-3-2-4-6-8-14(19)21-15-11(16)9-10-12(15)17/h2-10H2,1H3. The molecule has 2 amide bonds. The summed E-state index contributed by atoms with van der Waals surface area (Å²) in [7, 11) is 1.36. The van der Waals surface area contributed by atoms with Crippen molar-refractivity contribution in [2.45, 2.75) is 57.8 Å². The minimum absolute atomic E-state index is 0.103. The van der Waals surface area contributed by atoms with Crippen LogP contribution in [0.15, 0.2) is 0 Å². The fraction of sp³-hybridized carbons (Fsp3) is 0.714. The predicted octanol–water partition coefficient (Wildman–Crippen LogP) is 1.50. The van der Waals surface area contributed by atoms with Crippen LogP contribution >= 0.6 is 0 Å². The van der Waals surface area contributed by atoms with Gasteiger partial charge in [-0.2, -0.15) is 0 Å². The quantitative estimate of drug-likeness (QED) is 0.364. The van der Waals surface area contributed by atoms with Gasteiger partial charge in [0.2, 0.25) is 0 Å². The molecular weight excluding hydrogens is 278 g/mol. The summed E-state index contributed by atoms with van der Waals surface area (Å²) >= 11 is 0. The number of methoxy groups -OCH3 is 1. The SMILES string of the molecule is COC(=O)CCCCCCCC(=O)ON1C(=O)CCC1=O. The number of hydrogen-bond acceptors (Lipinski definition) is 6. The minimum Gasteiger partial charge on any atom is -0.469 e. The molecule has 1 saturated heterocycles. The topological polar surface area (TPSA) is 90.0 Å². The summed E-state index contributed by atoms with van der Waals surface area (Å²) < 4.78 is 4.53. The van der Waals surface area contributed by atoms with Crippen molar-refractivity contribution in [1.82, 2.24) is 5.06 Å². The van der Waals surface area contributed by atoms with Crippen LogP contribution in [0.3, 0.4) is 0 Å². The Morgan fingerprint density at radius 1 is 0.905 bits per heavy atom. The van der Waals surface area contributed by atoms with Gasteiger partial charge in [-0.25, -0.2) is 4.79 Å². The highest BCUT2D eigenvalue weighted by Crippen LogP contribution is 2.14. The Morgan fingerprint density at radius 2 is 1.38 bits per heavy atom. The number of amides is 2. The highest BCUT2D eigenvalue weighted by atomic mass is 16.7. The second-order valence-electron chi connectivity index (χ2n) is 4.89. The van der Waals surface area contributed by atoms with Gasteiger partial charge in [0.25, 0.3) is 11.8 Å². The van der Waals surface area contributed by atoms with E-state index in [2.05, 4.69) is 4.74 Å². The average molecular weight is 299 g/mol. The fourth-order valence-electron chi connectivity index (χ4n) is 1.98. The smallest absolute Gasteiger partial charge is 0.333 e. The van der Waals surface area contributed by atoms with Crippen LogP contribution in [0, 0.1) is 0 Å². The molecule has 1 rings (SSSR count). The largest absolute Gasteiger partial charge is 0.469 e. The summed E-state index contributed by atoms with van der Waals surface area (Å²) in [5, 5.41) is 0.568. The lowest BCUT2D eigenvalue weighted by molar-refractivity contribution is -0.197. The molecular formula is C14H21NO6. The van der Waals surface area contributed by atoms with Crippen molar-refractivity contribution < 1.29 is 28.8 Å². The van der Waals surface area contributed by atoms with E-state index in [1.54, 1.807) is 0 Å². The summed E-state index contributed by atoms with van der Waals surface area (Å²) in [5.41, 5.74) is 0. The second-order valence-corrected chi connectivity index (χ2v) is 4.89. The molecule has 0 saturated carbocycles. The molecule has 1 heterocycles. The number of hydrogen-bond donors (Lipinski definition) is 0. The van der Waals surface area contributed by atoms with Crippen LogP contribution in [0.25, 0.3) is 0 Å². The third-order valence-corrected chi connectivity index (χ3v) is 3.19. The Kier molecular flexibility index (Phi) is 7.42.